The van der Waals surface area contributed by atoms with Crippen LogP contribution in [0.1, 0.15) is 40.4 Å². The Morgan fingerprint density at radius 3 is 2.00 bits per heavy atom. The molecule has 0 spiro atoms. The molecule has 16 heteroatoms. The highest BCUT2D eigenvalue weighted by atomic mass is 19.4. The van der Waals surface area contributed by atoms with Crippen LogP contribution in [0, 0.1) is 0 Å². The second-order valence-electron chi connectivity index (χ2n) is 9.91. The zero-order valence-corrected chi connectivity index (χ0v) is 22.9. The van der Waals surface area contributed by atoms with Gasteiger partial charge < -0.3 is 9.30 Å². The van der Waals surface area contributed by atoms with Crippen molar-refractivity contribution in [2.45, 2.75) is 45.0 Å². The van der Waals surface area contributed by atoms with Gasteiger partial charge in [0.05, 0.1) is 35.1 Å². The Balaban J connectivity index is 1.66. The van der Waals surface area contributed by atoms with E-state index in [0.717, 1.165) is 21.8 Å². The van der Waals surface area contributed by atoms with Crippen LogP contribution in [0.2, 0.25) is 0 Å². The van der Waals surface area contributed by atoms with Crippen molar-refractivity contribution in [2.75, 3.05) is 4.90 Å². The fourth-order valence-electron chi connectivity index (χ4n) is 4.87. The van der Waals surface area contributed by atoms with Gasteiger partial charge in [0.1, 0.15) is 5.65 Å². The molecule has 0 unspecified atom stereocenters. The highest BCUT2D eigenvalue weighted by Crippen LogP contribution is 2.38. The SMILES string of the molecule is CCc1c(-c2ccc(C(F)(F)F)cc2CN(Cc2cc(C(F)(F)F)cc(C(F)(F)F)c2)c2nnn(C)n2)nc2ccccn12. The molecule has 232 valence electrons. The molecule has 0 amide bonds. The van der Waals surface area contributed by atoms with Gasteiger partial charge in [0.15, 0.2) is 0 Å². The van der Waals surface area contributed by atoms with Crippen molar-refractivity contribution in [2.24, 2.45) is 7.05 Å². The Morgan fingerprint density at radius 1 is 0.773 bits per heavy atom. The maximum Gasteiger partial charge on any atom is 0.416 e. The first kappa shape index (κ1) is 30.8. The third kappa shape index (κ3) is 6.33. The highest BCUT2D eigenvalue weighted by Gasteiger charge is 2.37. The molecule has 3 heterocycles. The third-order valence-corrected chi connectivity index (χ3v) is 6.81. The van der Waals surface area contributed by atoms with Crippen molar-refractivity contribution < 1.29 is 39.5 Å². The lowest BCUT2D eigenvalue weighted by molar-refractivity contribution is -0.143. The summed E-state index contributed by atoms with van der Waals surface area (Å²) in [7, 11) is 1.38. The van der Waals surface area contributed by atoms with Gasteiger partial charge in [-0.15, -0.1) is 5.10 Å². The van der Waals surface area contributed by atoms with Crippen molar-refractivity contribution >= 4 is 11.6 Å². The number of anilines is 1. The van der Waals surface area contributed by atoms with Crippen LogP contribution in [0.15, 0.2) is 60.8 Å². The van der Waals surface area contributed by atoms with Gasteiger partial charge in [-0.1, -0.05) is 24.2 Å². The normalized spacial score (nSPS) is 12.7. The minimum atomic E-state index is -5.10. The Morgan fingerprint density at radius 2 is 1.43 bits per heavy atom. The summed E-state index contributed by atoms with van der Waals surface area (Å²) in [6, 6.07) is 9.30. The van der Waals surface area contributed by atoms with E-state index in [1.54, 1.807) is 28.8 Å². The smallest absolute Gasteiger partial charge is 0.330 e. The fourth-order valence-corrected chi connectivity index (χ4v) is 4.87. The number of imidazole rings is 1. The standard InChI is InChI=1S/C28H22F9N7/c1-3-22-24(38-23-6-4-5-9-44(22)23)21-8-7-18(26(29,30)31)12-17(21)15-43(25-39-41-42(2)40-25)14-16-10-19(27(32,33)34)13-20(11-16)28(35,36)37/h4-13H,3,14-15H2,1-2H3. The molecule has 0 fully saturated rings. The second-order valence-corrected chi connectivity index (χ2v) is 9.91. The molecule has 44 heavy (non-hydrogen) atoms. The zero-order chi connectivity index (χ0) is 32.0. The number of tetrazole rings is 1. The van der Waals surface area contributed by atoms with Crippen molar-refractivity contribution in [3.05, 3.63) is 94.3 Å². The first-order valence-corrected chi connectivity index (χ1v) is 13.0. The van der Waals surface area contributed by atoms with Crippen molar-refractivity contribution in [1.29, 1.82) is 0 Å². The van der Waals surface area contributed by atoms with Crippen LogP contribution >= 0.6 is 0 Å². The number of pyridine rings is 1. The molecule has 5 rings (SSSR count). The Kier molecular flexibility index (Phi) is 7.80. The number of fused-ring (bicyclic) bond motifs is 1. The van der Waals surface area contributed by atoms with Gasteiger partial charge >= 0.3 is 18.5 Å². The maximum absolute atomic E-state index is 13.9. The number of nitrogens with zero attached hydrogens (tertiary/aromatic N) is 7. The minimum Gasteiger partial charge on any atom is -0.330 e. The third-order valence-electron chi connectivity index (χ3n) is 6.81. The molecule has 0 aliphatic rings. The van der Waals surface area contributed by atoms with E-state index in [2.05, 4.69) is 20.4 Å². The number of alkyl halides is 9. The van der Waals surface area contributed by atoms with E-state index in [1.165, 1.54) is 13.1 Å². The number of hydrogen-bond donors (Lipinski definition) is 0. The van der Waals surface area contributed by atoms with Crippen LogP contribution in [0.5, 0.6) is 0 Å². The summed E-state index contributed by atoms with van der Waals surface area (Å²) < 4.78 is 125. The van der Waals surface area contributed by atoms with Crippen LogP contribution in [0.3, 0.4) is 0 Å². The Hall–Kier alpha value is -4.63. The van der Waals surface area contributed by atoms with E-state index in [-0.39, 0.29) is 23.1 Å². The monoisotopic (exact) mass is 627 g/mol. The largest absolute Gasteiger partial charge is 0.416 e. The van der Waals surface area contributed by atoms with Gasteiger partial charge in [-0.05, 0) is 65.2 Å². The molecule has 5 aromatic rings. The molecule has 2 aromatic carbocycles. The number of benzene rings is 2. The minimum absolute atomic E-state index is 0.00496. The fraction of sp³-hybridized carbons (Fsp3) is 0.286. The van der Waals surface area contributed by atoms with Crippen LogP contribution in [-0.4, -0.2) is 29.6 Å². The van der Waals surface area contributed by atoms with Gasteiger partial charge in [0.2, 0.25) is 0 Å². The summed E-state index contributed by atoms with van der Waals surface area (Å²) in [5.74, 6) is -0.229. The molecule has 0 saturated carbocycles. The molecule has 0 aliphatic heterocycles. The molecular formula is C28H22F9N7. The average Bonchev–Trinajstić information content (AvgIpc) is 3.54. The molecule has 0 aliphatic carbocycles. The van der Waals surface area contributed by atoms with Gasteiger partial charge in [-0.2, -0.15) is 44.3 Å². The predicted octanol–water partition coefficient (Wildman–Crippen LogP) is 7.35. The average molecular weight is 628 g/mol. The zero-order valence-electron chi connectivity index (χ0n) is 22.9. The highest BCUT2D eigenvalue weighted by molar-refractivity contribution is 5.71. The molecule has 7 nitrogen and oxygen atoms in total. The Labute approximate surface area is 243 Å². The second kappa shape index (κ2) is 11.1. The number of halogens is 9. The van der Waals surface area contributed by atoms with E-state index >= 15 is 0 Å². The molecule has 0 saturated heterocycles. The first-order valence-electron chi connectivity index (χ1n) is 13.0. The van der Waals surface area contributed by atoms with Gasteiger partial charge in [0, 0.05) is 24.8 Å². The van der Waals surface area contributed by atoms with Crippen LogP contribution < -0.4 is 4.90 Å². The lowest BCUT2D eigenvalue weighted by atomic mass is 9.98. The molecule has 0 N–H and O–H groups in total. The summed E-state index contributed by atoms with van der Waals surface area (Å²) >= 11 is 0. The topological polar surface area (TPSA) is 64.1 Å². The maximum atomic E-state index is 13.9. The van der Waals surface area contributed by atoms with Gasteiger partial charge in [0.25, 0.3) is 5.95 Å². The summed E-state index contributed by atoms with van der Waals surface area (Å²) in [4.78, 5) is 6.77. The molecule has 0 bridgehead atoms. The van der Waals surface area contributed by atoms with Gasteiger partial charge in [-0.3, -0.25) is 0 Å². The van der Waals surface area contributed by atoms with Crippen molar-refractivity contribution in [3.63, 3.8) is 0 Å². The van der Waals surface area contributed by atoms with E-state index in [0.29, 0.717) is 35.6 Å². The Bertz CT molecular complexity index is 1770. The van der Waals surface area contributed by atoms with Gasteiger partial charge in [-0.25, -0.2) is 4.98 Å². The summed E-state index contributed by atoms with van der Waals surface area (Å²) in [5.41, 5.74) is -2.61. The van der Waals surface area contributed by atoms with Crippen molar-refractivity contribution in [3.8, 4) is 11.3 Å². The molecule has 0 radical (unpaired) electrons. The van der Waals surface area contributed by atoms with E-state index in [1.807, 2.05) is 6.92 Å². The molecular weight excluding hydrogens is 605 g/mol. The lowest BCUT2D eigenvalue weighted by Gasteiger charge is -2.24. The molecule has 0 atom stereocenters. The molecule has 3 aromatic heterocycles. The van der Waals surface area contributed by atoms with Crippen LogP contribution in [-0.2, 0) is 45.1 Å². The van der Waals surface area contributed by atoms with E-state index < -0.39 is 53.9 Å². The predicted molar refractivity (Wildman–Crippen MR) is 140 cm³/mol. The van der Waals surface area contributed by atoms with Crippen molar-refractivity contribution in [1.82, 2.24) is 29.6 Å². The van der Waals surface area contributed by atoms with Crippen LogP contribution in [0.4, 0.5) is 45.5 Å². The summed E-state index contributed by atoms with van der Waals surface area (Å²) in [5, 5.41) is 11.5. The first-order chi connectivity index (χ1) is 20.5. The number of rotatable bonds is 7. The number of aromatic nitrogens is 6. The van der Waals surface area contributed by atoms with E-state index in [4.69, 9.17) is 0 Å². The quantitative estimate of drug-likeness (QED) is 0.177. The summed E-state index contributed by atoms with van der Waals surface area (Å²) in [6.07, 6.45) is -12.8. The lowest BCUT2D eigenvalue weighted by Crippen LogP contribution is -2.25. The number of hydrogen-bond acceptors (Lipinski definition) is 5. The van der Waals surface area contributed by atoms with E-state index in [9.17, 15) is 39.5 Å². The number of aryl methyl sites for hydroxylation is 2. The van der Waals surface area contributed by atoms with Crippen LogP contribution in [0.25, 0.3) is 16.9 Å². The summed E-state index contributed by atoms with van der Waals surface area (Å²) in [6.45, 7) is 0.769.